The molecule has 0 spiro atoms. The first-order chi connectivity index (χ1) is 12.8. The van der Waals surface area contributed by atoms with Crippen LogP contribution in [0.4, 0.5) is 5.69 Å². The largest absolute Gasteiger partial charge is 0.469 e. The maximum absolute atomic E-state index is 13.2. The minimum Gasteiger partial charge on any atom is -0.469 e. The molecule has 1 unspecified atom stereocenters. The summed E-state index contributed by atoms with van der Waals surface area (Å²) < 4.78 is 4.83. The summed E-state index contributed by atoms with van der Waals surface area (Å²) in [5.74, 6) is -0.694. The molecular formula is C20H16Cl2N2O3. The number of ether oxygens (including phenoxy) is 1. The molecule has 7 heteroatoms. The summed E-state index contributed by atoms with van der Waals surface area (Å²) in [7, 11) is 3.00. The quantitative estimate of drug-likeness (QED) is 0.467. The number of benzene rings is 2. The molecule has 2 heterocycles. The van der Waals surface area contributed by atoms with E-state index in [0.717, 1.165) is 21.8 Å². The van der Waals surface area contributed by atoms with Gasteiger partial charge in [0, 0.05) is 22.8 Å². The molecule has 2 aromatic carbocycles. The third-order valence-corrected chi connectivity index (χ3v) is 5.71. The van der Waals surface area contributed by atoms with E-state index in [2.05, 4.69) is 0 Å². The molecule has 4 rings (SSSR count). The molecule has 138 valence electrons. The number of fused-ring (bicyclic) bond motifs is 2. The van der Waals surface area contributed by atoms with Crippen LogP contribution in [0, 0.1) is 0 Å². The van der Waals surface area contributed by atoms with E-state index in [0.29, 0.717) is 21.3 Å². The lowest BCUT2D eigenvalue weighted by molar-refractivity contribution is -0.144. The van der Waals surface area contributed by atoms with Crippen LogP contribution < -0.4 is 4.90 Å². The third-order valence-electron chi connectivity index (χ3n) is 5.21. The average molecular weight is 403 g/mol. The SMILES string of the molecule is COC(=O)CC1(C)C(=O)N(C)c2cccc3c2c1nc1c(Cl)cc(Cl)cc13. The Labute approximate surface area is 165 Å². The van der Waals surface area contributed by atoms with Gasteiger partial charge in [0.2, 0.25) is 5.91 Å². The predicted octanol–water partition coefficient (Wildman–Crippen LogP) is 4.49. The molecular weight excluding hydrogens is 387 g/mol. The maximum atomic E-state index is 13.2. The number of hydrogen-bond acceptors (Lipinski definition) is 4. The zero-order chi connectivity index (χ0) is 19.5. The maximum Gasteiger partial charge on any atom is 0.306 e. The lowest BCUT2D eigenvalue weighted by atomic mass is 9.76. The topological polar surface area (TPSA) is 59.5 Å². The fourth-order valence-electron chi connectivity index (χ4n) is 3.85. The van der Waals surface area contributed by atoms with Gasteiger partial charge in [-0.3, -0.25) is 9.59 Å². The number of anilines is 1. The summed E-state index contributed by atoms with van der Waals surface area (Å²) >= 11 is 12.6. The summed E-state index contributed by atoms with van der Waals surface area (Å²) in [6, 6.07) is 9.12. The van der Waals surface area contributed by atoms with Gasteiger partial charge in [-0.15, -0.1) is 0 Å². The molecule has 0 radical (unpaired) electrons. The van der Waals surface area contributed by atoms with Gasteiger partial charge >= 0.3 is 5.97 Å². The van der Waals surface area contributed by atoms with Crippen molar-refractivity contribution in [3.63, 3.8) is 0 Å². The van der Waals surface area contributed by atoms with Crippen LogP contribution in [0.5, 0.6) is 0 Å². The molecule has 3 aromatic rings. The second-order valence-electron chi connectivity index (χ2n) is 6.89. The fraction of sp³-hybridized carbons (Fsp3) is 0.250. The van der Waals surface area contributed by atoms with Crippen LogP contribution in [0.3, 0.4) is 0 Å². The molecule has 0 saturated heterocycles. The molecule has 1 atom stereocenters. The van der Waals surface area contributed by atoms with Gasteiger partial charge in [0.05, 0.1) is 35.5 Å². The van der Waals surface area contributed by atoms with Gasteiger partial charge in [-0.25, -0.2) is 4.98 Å². The lowest BCUT2D eigenvalue weighted by Gasteiger charge is -2.38. The van der Waals surface area contributed by atoms with Crippen molar-refractivity contribution in [3.05, 3.63) is 46.1 Å². The number of methoxy groups -OCH3 is 1. The van der Waals surface area contributed by atoms with Crippen molar-refractivity contribution < 1.29 is 14.3 Å². The summed E-state index contributed by atoms with van der Waals surface area (Å²) in [6.45, 7) is 1.72. The van der Waals surface area contributed by atoms with E-state index in [1.807, 2.05) is 24.3 Å². The summed E-state index contributed by atoms with van der Waals surface area (Å²) in [5.41, 5.74) is 0.652. The van der Waals surface area contributed by atoms with Gasteiger partial charge in [-0.05, 0) is 30.5 Å². The van der Waals surface area contributed by atoms with E-state index in [-0.39, 0.29) is 12.3 Å². The molecule has 1 aliphatic heterocycles. The Bertz CT molecular complexity index is 1150. The molecule has 0 aliphatic carbocycles. The number of carbonyl (C=O) groups is 2. The van der Waals surface area contributed by atoms with Crippen molar-refractivity contribution in [2.24, 2.45) is 0 Å². The molecule has 1 amide bonds. The zero-order valence-electron chi connectivity index (χ0n) is 15.0. The zero-order valence-corrected chi connectivity index (χ0v) is 16.5. The minimum atomic E-state index is -1.16. The van der Waals surface area contributed by atoms with Crippen LogP contribution in [0.25, 0.3) is 21.7 Å². The first-order valence-electron chi connectivity index (χ1n) is 8.35. The van der Waals surface area contributed by atoms with Gasteiger partial charge in [-0.2, -0.15) is 0 Å². The number of pyridine rings is 1. The Hall–Kier alpha value is -2.37. The molecule has 5 nitrogen and oxygen atoms in total. The van der Waals surface area contributed by atoms with E-state index in [4.69, 9.17) is 32.9 Å². The van der Waals surface area contributed by atoms with E-state index in [1.54, 1.807) is 24.9 Å². The van der Waals surface area contributed by atoms with Gasteiger partial charge in [0.1, 0.15) is 5.41 Å². The van der Waals surface area contributed by atoms with E-state index in [1.165, 1.54) is 7.11 Å². The standard InChI is InChI=1S/C20H16Cl2N2O3/c1-20(9-15(25)27-3)18-16-11(5-4-6-14(16)24(2)19(20)26)12-7-10(21)8-13(22)17(12)23-18/h4-8H,9H2,1-3H3. The fourth-order valence-corrected chi connectivity index (χ4v) is 4.38. The van der Waals surface area contributed by atoms with Crippen LogP contribution in [-0.4, -0.2) is 31.0 Å². The van der Waals surface area contributed by atoms with Crippen LogP contribution in [0.15, 0.2) is 30.3 Å². The van der Waals surface area contributed by atoms with Gasteiger partial charge in [-0.1, -0.05) is 35.3 Å². The highest BCUT2D eigenvalue weighted by Gasteiger charge is 2.46. The van der Waals surface area contributed by atoms with E-state index >= 15 is 0 Å². The first-order valence-corrected chi connectivity index (χ1v) is 9.10. The Morgan fingerprint density at radius 1 is 1.26 bits per heavy atom. The molecule has 0 fully saturated rings. The number of rotatable bonds is 2. The highest BCUT2D eigenvalue weighted by Crippen LogP contribution is 2.46. The van der Waals surface area contributed by atoms with Crippen molar-refractivity contribution in [1.29, 1.82) is 0 Å². The van der Waals surface area contributed by atoms with Crippen molar-refractivity contribution in [3.8, 4) is 0 Å². The van der Waals surface area contributed by atoms with Gasteiger partial charge in [0.25, 0.3) is 0 Å². The van der Waals surface area contributed by atoms with Crippen LogP contribution in [-0.2, 0) is 19.7 Å². The Morgan fingerprint density at radius 3 is 2.70 bits per heavy atom. The van der Waals surface area contributed by atoms with Gasteiger partial charge in [0.15, 0.2) is 0 Å². The van der Waals surface area contributed by atoms with Crippen molar-refractivity contribution in [1.82, 2.24) is 4.98 Å². The minimum absolute atomic E-state index is 0.111. The monoisotopic (exact) mass is 402 g/mol. The van der Waals surface area contributed by atoms with Crippen LogP contribution in [0.2, 0.25) is 10.0 Å². The number of halogens is 2. The summed E-state index contributed by atoms with van der Waals surface area (Å²) in [4.78, 5) is 31.6. The highest BCUT2D eigenvalue weighted by atomic mass is 35.5. The molecule has 27 heavy (non-hydrogen) atoms. The lowest BCUT2D eigenvalue weighted by Crippen LogP contribution is -2.48. The van der Waals surface area contributed by atoms with Crippen molar-refractivity contribution in [2.45, 2.75) is 18.8 Å². The second-order valence-corrected chi connectivity index (χ2v) is 7.74. The number of esters is 1. The molecule has 1 aliphatic rings. The number of hydrogen-bond donors (Lipinski definition) is 0. The Kier molecular flexibility index (Phi) is 4.05. The smallest absolute Gasteiger partial charge is 0.306 e. The van der Waals surface area contributed by atoms with E-state index in [9.17, 15) is 9.59 Å². The summed E-state index contributed by atoms with van der Waals surface area (Å²) in [6.07, 6.45) is -0.111. The van der Waals surface area contributed by atoms with Gasteiger partial charge < -0.3 is 9.64 Å². The highest BCUT2D eigenvalue weighted by molar-refractivity contribution is 6.39. The molecule has 0 saturated carbocycles. The number of carbonyl (C=O) groups excluding carboxylic acids is 2. The number of amides is 1. The van der Waals surface area contributed by atoms with Crippen molar-refractivity contribution in [2.75, 3.05) is 19.1 Å². The molecule has 0 bridgehead atoms. The summed E-state index contributed by atoms with van der Waals surface area (Å²) in [5, 5.41) is 3.40. The number of nitrogens with zero attached hydrogens (tertiary/aromatic N) is 2. The van der Waals surface area contributed by atoms with Crippen LogP contribution in [0.1, 0.15) is 19.0 Å². The van der Waals surface area contributed by atoms with Crippen molar-refractivity contribution >= 4 is 62.4 Å². The predicted molar refractivity (Wildman–Crippen MR) is 107 cm³/mol. The molecule has 0 N–H and O–H groups in total. The Morgan fingerprint density at radius 2 is 2.00 bits per heavy atom. The molecule has 1 aromatic heterocycles. The number of likely N-dealkylation sites (N-methyl/N-ethyl adjacent to an activating group) is 1. The van der Waals surface area contributed by atoms with Crippen LogP contribution >= 0.6 is 23.2 Å². The first kappa shape index (κ1) is 18.0. The number of aromatic nitrogens is 1. The third kappa shape index (κ3) is 2.49. The second kappa shape index (κ2) is 6.08. The van der Waals surface area contributed by atoms with E-state index < -0.39 is 11.4 Å². The normalized spacial score (nSPS) is 19.0. The Balaban J connectivity index is 2.19. The average Bonchev–Trinajstić information content (AvgIpc) is 2.64.